The van der Waals surface area contributed by atoms with E-state index in [0.29, 0.717) is 16.9 Å². The number of pyridine rings is 2. The zero-order chi connectivity index (χ0) is 20.0. The maximum absolute atomic E-state index is 15.2. The lowest BCUT2D eigenvalue weighted by atomic mass is 10.0. The number of fused-ring (bicyclic) bond motifs is 1. The second-order valence-electron chi connectivity index (χ2n) is 6.37. The molecule has 0 saturated carbocycles. The molecule has 3 aromatic rings. The van der Waals surface area contributed by atoms with E-state index in [4.69, 9.17) is 11.6 Å². The van der Waals surface area contributed by atoms with E-state index in [1.165, 1.54) is 6.07 Å². The molecule has 0 saturated heterocycles. The number of nitriles is 1. The number of aromatic hydroxyl groups is 1. The van der Waals surface area contributed by atoms with Crippen molar-refractivity contribution in [2.75, 3.05) is 0 Å². The van der Waals surface area contributed by atoms with Crippen LogP contribution in [-0.2, 0) is 0 Å². The Labute approximate surface area is 167 Å². The van der Waals surface area contributed by atoms with Gasteiger partial charge in [-0.15, -0.1) is 0 Å². The minimum absolute atomic E-state index is 0.0105. The summed E-state index contributed by atoms with van der Waals surface area (Å²) in [6.45, 7) is 5.56. The molecule has 0 bridgehead atoms. The van der Waals surface area contributed by atoms with Crippen LogP contribution in [0.25, 0.3) is 16.6 Å². The summed E-state index contributed by atoms with van der Waals surface area (Å²) in [5, 5.41) is 19.8. The van der Waals surface area contributed by atoms with Crippen LogP contribution in [0.5, 0.6) is 5.75 Å². The molecule has 27 heavy (non-hydrogen) atoms. The van der Waals surface area contributed by atoms with Crippen molar-refractivity contribution in [2.45, 2.75) is 26.7 Å². The summed E-state index contributed by atoms with van der Waals surface area (Å²) in [5.74, 6) is -1.48. The lowest BCUT2D eigenvalue weighted by molar-refractivity contribution is 0.477. The molecule has 0 radical (unpaired) electrons. The summed E-state index contributed by atoms with van der Waals surface area (Å²) in [4.78, 5) is 17.4. The molecular weight excluding hydrogens is 437 g/mol. The van der Waals surface area contributed by atoms with E-state index >= 15 is 4.39 Å². The number of benzene rings is 1. The first-order valence-corrected chi connectivity index (χ1v) is 9.18. The Kier molecular flexibility index (Phi) is 4.98. The van der Waals surface area contributed by atoms with Crippen molar-refractivity contribution >= 4 is 38.4 Å². The van der Waals surface area contributed by atoms with Gasteiger partial charge in [0, 0.05) is 11.6 Å². The molecule has 138 valence electrons. The quantitative estimate of drug-likeness (QED) is 0.560. The summed E-state index contributed by atoms with van der Waals surface area (Å²) in [7, 11) is 0. The third kappa shape index (κ3) is 2.89. The minimum atomic E-state index is -0.825. The number of rotatable bonds is 2. The summed E-state index contributed by atoms with van der Waals surface area (Å²) in [6.07, 6.45) is 1.61. The molecule has 5 nitrogen and oxygen atoms in total. The van der Waals surface area contributed by atoms with Crippen molar-refractivity contribution in [1.82, 2.24) is 9.55 Å². The van der Waals surface area contributed by atoms with Crippen LogP contribution in [0.1, 0.15) is 36.6 Å². The molecule has 1 aromatic carbocycles. The van der Waals surface area contributed by atoms with Gasteiger partial charge in [-0.1, -0.05) is 25.4 Å². The molecule has 0 spiro atoms. The second kappa shape index (κ2) is 6.95. The number of aryl methyl sites for hydroxylation is 1. The molecule has 0 aliphatic carbocycles. The Balaban J connectivity index is 2.70. The molecule has 2 heterocycles. The molecule has 2 aromatic heterocycles. The highest BCUT2D eigenvalue weighted by Gasteiger charge is 2.25. The molecule has 0 aliphatic rings. The molecule has 0 fully saturated rings. The third-order valence-corrected chi connectivity index (χ3v) is 5.61. The van der Waals surface area contributed by atoms with Gasteiger partial charge in [-0.2, -0.15) is 5.26 Å². The van der Waals surface area contributed by atoms with Crippen LogP contribution in [0.3, 0.4) is 0 Å². The number of hydrogen-bond donors (Lipinski definition) is 1. The van der Waals surface area contributed by atoms with E-state index in [1.807, 2.05) is 13.8 Å². The van der Waals surface area contributed by atoms with Crippen LogP contribution in [0.2, 0.25) is 5.02 Å². The SMILES string of the molecule is Cc1ccnc(C(C)C)c1-n1c(=O)c(C#N)c(O)c2cc(Cl)c(Br)c(F)c21. The first-order chi connectivity index (χ1) is 12.7. The van der Waals surface area contributed by atoms with E-state index < -0.39 is 22.7 Å². The summed E-state index contributed by atoms with van der Waals surface area (Å²) < 4.78 is 16.2. The van der Waals surface area contributed by atoms with Crippen LogP contribution in [0, 0.1) is 24.1 Å². The zero-order valence-electron chi connectivity index (χ0n) is 14.6. The molecule has 0 atom stereocenters. The van der Waals surface area contributed by atoms with Gasteiger partial charge in [-0.25, -0.2) is 4.39 Å². The van der Waals surface area contributed by atoms with Crippen molar-refractivity contribution in [3.63, 3.8) is 0 Å². The fourth-order valence-corrected chi connectivity index (χ4v) is 3.53. The number of aromatic nitrogens is 2. The van der Waals surface area contributed by atoms with E-state index in [9.17, 15) is 15.2 Å². The van der Waals surface area contributed by atoms with Crippen molar-refractivity contribution in [3.05, 3.63) is 60.8 Å². The predicted molar refractivity (Wildman–Crippen MR) is 105 cm³/mol. The number of halogens is 3. The Hall–Kier alpha value is -2.43. The topological polar surface area (TPSA) is 78.9 Å². The highest BCUT2D eigenvalue weighted by Crippen LogP contribution is 2.38. The van der Waals surface area contributed by atoms with Crippen LogP contribution in [0.15, 0.2) is 27.6 Å². The van der Waals surface area contributed by atoms with Crippen molar-refractivity contribution < 1.29 is 9.50 Å². The van der Waals surface area contributed by atoms with Crippen LogP contribution in [-0.4, -0.2) is 14.7 Å². The van der Waals surface area contributed by atoms with Gasteiger partial charge in [0.15, 0.2) is 11.4 Å². The monoisotopic (exact) mass is 449 g/mol. The Morgan fingerprint density at radius 2 is 2.11 bits per heavy atom. The first-order valence-electron chi connectivity index (χ1n) is 8.01. The van der Waals surface area contributed by atoms with Gasteiger partial charge in [0.1, 0.15) is 11.8 Å². The van der Waals surface area contributed by atoms with Gasteiger partial charge in [0.2, 0.25) is 0 Å². The molecular formula is C19H14BrClFN3O2. The zero-order valence-corrected chi connectivity index (χ0v) is 17.0. The Morgan fingerprint density at radius 1 is 1.44 bits per heavy atom. The van der Waals surface area contributed by atoms with Crippen LogP contribution >= 0.6 is 27.5 Å². The summed E-state index contributed by atoms with van der Waals surface area (Å²) in [6, 6.07) is 4.72. The van der Waals surface area contributed by atoms with Gasteiger partial charge in [-0.3, -0.25) is 14.3 Å². The van der Waals surface area contributed by atoms with Crippen LogP contribution < -0.4 is 5.56 Å². The Bertz CT molecular complexity index is 1200. The highest BCUT2D eigenvalue weighted by molar-refractivity contribution is 9.10. The highest BCUT2D eigenvalue weighted by atomic mass is 79.9. The van der Waals surface area contributed by atoms with E-state index in [0.717, 1.165) is 4.57 Å². The number of hydrogen-bond acceptors (Lipinski definition) is 4. The normalized spacial score (nSPS) is 11.2. The number of nitrogens with zero attached hydrogens (tertiary/aromatic N) is 3. The van der Waals surface area contributed by atoms with Crippen LogP contribution in [0.4, 0.5) is 4.39 Å². The fourth-order valence-electron chi connectivity index (χ4n) is 3.03. The maximum atomic E-state index is 15.2. The minimum Gasteiger partial charge on any atom is -0.506 e. The summed E-state index contributed by atoms with van der Waals surface area (Å²) in [5.41, 5.74) is 0.139. The average Bonchev–Trinajstić information content (AvgIpc) is 2.62. The smallest absolute Gasteiger partial charge is 0.277 e. The second-order valence-corrected chi connectivity index (χ2v) is 7.58. The van der Waals surface area contributed by atoms with Gasteiger partial charge in [0.25, 0.3) is 5.56 Å². The van der Waals surface area contributed by atoms with Gasteiger partial charge in [-0.05, 0) is 46.5 Å². The van der Waals surface area contributed by atoms with Gasteiger partial charge in [0.05, 0.1) is 26.4 Å². The Morgan fingerprint density at radius 3 is 2.70 bits per heavy atom. The maximum Gasteiger partial charge on any atom is 0.277 e. The van der Waals surface area contributed by atoms with E-state index in [-0.39, 0.29) is 26.3 Å². The predicted octanol–water partition coefficient (Wildman–Crippen LogP) is 4.95. The molecule has 0 aliphatic heterocycles. The standard InChI is InChI=1S/C19H14BrClFN3O2/c1-8(2)15-16(9(3)4-5-24-15)25-17-10(6-12(21)13(20)14(17)22)18(26)11(7-23)19(25)27/h4-6,8,26H,1-3H3. The molecule has 0 amide bonds. The van der Waals surface area contributed by atoms with E-state index in [1.54, 1.807) is 25.3 Å². The van der Waals surface area contributed by atoms with Gasteiger partial charge < -0.3 is 5.11 Å². The van der Waals surface area contributed by atoms with E-state index in [2.05, 4.69) is 20.9 Å². The fraction of sp³-hybridized carbons (Fsp3) is 0.211. The van der Waals surface area contributed by atoms with Crippen molar-refractivity contribution in [3.8, 4) is 17.5 Å². The molecule has 1 N–H and O–H groups in total. The van der Waals surface area contributed by atoms with Crippen molar-refractivity contribution in [2.24, 2.45) is 0 Å². The molecule has 8 heteroatoms. The lowest BCUT2D eigenvalue weighted by Crippen LogP contribution is -2.25. The first kappa shape index (κ1) is 19.3. The lowest BCUT2D eigenvalue weighted by Gasteiger charge is -2.20. The third-order valence-electron chi connectivity index (χ3n) is 4.31. The molecule has 0 unspecified atom stereocenters. The molecule has 3 rings (SSSR count). The van der Waals surface area contributed by atoms with Crippen molar-refractivity contribution in [1.29, 1.82) is 5.26 Å². The largest absolute Gasteiger partial charge is 0.506 e. The average molecular weight is 451 g/mol. The summed E-state index contributed by atoms with van der Waals surface area (Å²) >= 11 is 9.10. The van der Waals surface area contributed by atoms with Gasteiger partial charge >= 0.3 is 0 Å².